The Morgan fingerprint density at radius 1 is 0.259 bits per heavy atom. The van der Waals surface area contributed by atoms with Crippen molar-refractivity contribution in [3.8, 4) is 0 Å². The van der Waals surface area contributed by atoms with Gasteiger partial charge in [-0.3, -0.25) is 9.59 Å². The monoisotopic (exact) mass is 1200 g/mol. The minimum Gasteiger partial charge on any atom is -0.462 e. The van der Waals surface area contributed by atoms with Gasteiger partial charge in [0.25, 0.3) is 0 Å². The van der Waals surface area contributed by atoms with Crippen LogP contribution in [0.5, 0.6) is 0 Å². The molecule has 85 heavy (non-hydrogen) atoms. The largest absolute Gasteiger partial charge is 0.462 e. The van der Waals surface area contributed by atoms with Crippen LogP contribution in [-0.2, 0) is 19.1 Å². The van der Waals surface area contributed by atoms with Crippen molar-refractivity contribution < 1.29 is 24.2 Å². The van der Waals surface area contributed by atoms with Gasteiger partial charge >= 0.3 is 11.9 Å². The first kappa shape index (κ1) is 83.6. The molecule has 506 valence electrons. The van der Waals surface area contributed by atoms with Crippen molar-refractivity contribution in [3.63, 3.8) is 0 Å². The molecule has 0 aliphatic rings. The van der Waals surface area contributed by atoms with Gasteiger partial charge in [0.05, 0.1) is 6.61 Å². The van der Waals surface area contributed by atoms with E-state index in [-0.39, 0.29) is 25.2 Å². The highest BCUT2D eigenvalue weighted by molar-refractivity contribution is 5.70. The summed E-state index contributed by atoms with van der Waals surface area (Å²) in [6.45, 7) is 4.23. The lowest BCUT2D eigenvalue weighted by atomic mass is 10.0. The molecular weight excluding hydrogens is 1040 g/mol. The fourth-order valence-electron chi connectivity index (χ4n) is 12.9. The van der Waals surface area contributed by atoms with Crippen LogP contribution in [0.3, 0.4) is 0 Å². The number of unbranched alkanes of at least 4 members (excludes halogenated alkanes) is 66. The summed E-state index contributed by atoms with van der Waals surface area (Å²) in [7, 11) is 0. The van der Waals surface area contributed by atoms with Crippen LogP contribution in [0.1, 0.15) is 470 Å². The van der Waals surface area contributed by atoms with Gasteiger partial charge in [-0.15, -0.1) is 0 Å². The topological polar surface area (TPSA) is 72.8 Å². The van der Waals surface area contributed by atoms with Gasteiger partial charge in [-0.05, 0) is 38.5 Å². The molecule has 0 spiro atoms. The van der Waals surface area contributed by atoms with Gasteiger partial charge in [-0.25, -0.2) is 0 Å². The summed E-state index contributed by atoms with van der Waals surface area (Å²) in [5, 5.41) is 9.72. The normalized spacial score (nSPS) is 12.1. The van der Waals surface area contributed by atoms with Crippen molar-refractivity contribution in [2.24, 2.45) is 0 Å². The van der Waals surface area contributed by atoms with E-state index in [0.717, 1.165) is 32.1 Å². The van der Waals surface area contributed by atoms with Crippen molar-refractivity contribution >= 4 is 11.9 Å². The zero-order valence-corrected chi connectivity index (χ0v) is 58.4. The Balaban J connectivity index is 3.34. The molecule has 5 heteroatoms. The summed E-state index contributed by atoms with van der Waals surface area (Å²) in [6.07, 6.45) is 100. The van der Waals surface area contributed by atoms with E-state index in [1.54, 1.807) is 0 Å². The Morgan fingerprint density at radius 3 is 0.635 bits per heavy atom. The number of ether oxygens (including phenoxy) is 2. The van der Waals surface area contributed by atoms with Crippen molar-refractivity contribution in [2.45, 2.75) is 476 Å². The van der Waals surface area contributed by atoms with Crippen LogP contribution >= 0.6 is 0 Å². The van der Waals surface area contributed by atoms with Gasteiger partial charge < -0.3 is 14.6 Å². The van der Waals surface area contributed by atoms with E-state index in [1.165, 1.54) is 411 Å². The lowest BCUT2D eigenvalue weighted by Crippen LogP contribution is -2.28. The lowest BCUT2D eigenvalue weighted by Gasteiger charge is -2.15. The minimum atomic E-state index is -0.767. The minimum absolute atomic E-state index is 0.0559. The highest BCUT2D eigenvalue weighted by Gasteiger charge is 2.16. The van der Waals surface area contributed by atoms with E-state index >= 15 is 0 Å². The van der Waals surface area contributed by atoms with Gasteiger partial charge in [0.1, 0.15) is 6.61 Å². The summed E-state index contributed by atoms with van der Waals surface area (Å²) in [5.41, 5.74) is 0. The van der Waals surface area contributed by atoms with Crippen LogP contribution in [0, 0.1) is 0 Å². The summed E-state index contributed by atoms with van der Waals surface area (Å²) < 4.78 is 10.8. The molecule has 0 fully saturated rings. The smallest absolute Gasteiger partial charge is 0.306 e. The molecule has 0 aliphatic heterocycles. The summed E-state index contributed by atoms with van der Waals surface area (Å²) >= 11 is 0. The highest BCUT2D eigenvalue weighted by atomic mass is 16.6. The molecule has 0 saturated heterocycles. The van der Waals surface area contributed by atoms with E-state index in [9.17, 15) is 14.7 Å². The average molecular weight is 1200 g/mol. The van der Waals surface area contributed by atoms with Gasteiger partial charge in [-0.1, -0.05) is 431 Å². The van der Waals surface area contributed by atoms with Crippen LogP contribution in [0.25, 0.3) is 0 Å². The van der Waals surface area contributed by atoms with Crippen molar-refractivity contribution in [3.05, 3.63) is 12.2 Å². The summed E-state index contributed by atoms with van der Waals surface area (Å²) in [6, 6.07) is 0. The van der Waals surface area contributed by atoms with E-state index in [1.807, 2.05) is 0 Å². The molecule has 0 aromatic rings. The number of rotatable bonds is 76. The molecule has 0 radical (unpaired) electrons. The number of hydrogen-bond acceptors (Lipinski definition) is 5. The molecule has 5 nitrogen and oxygen atoms in total. The highest BCUT2D eigenvalue weighted by Crippen LogP contribution is 2.21. The zero-order chi connectivity index (χ0) is 61.2. The Hall–Kier alpha value is -1.36. The Kier molecular flexibility index (Phi) is 75.7. The third-order valence-corrected chi connectivity index (χ3v) is 18.8. The number of carbonyl (C=O) groups is 2. The molecule has 0 aromatic carbocycles. The van der Waals surface area contributed by atoms with Crippen molar-refractivity contribution in [2.75, 3.05) is 13.2 Å². The third kappa shape index (κ3) is 75.0. The van der Waals surface area contributed by atoms with E-state index < -0.39 is 6.10 Å². The van der Waals surface area contributed by atoms with E-state index in [4.69, 9.17) is 9.47 Å². The van der Waals surface area contributed by atoms with E-state index in [0.29, 0.717) is 12.8 Å². The molecule has 0 aromatic heterocycles. The quantitative estimate of drug-likeness (QED) is 0.0373. The Labute approximate surface area is 534 Å². The molecule has 0 rings (SSSR count). The molecule has 0 amide bonds. The SMILES string of the molecule is CCCCCCCCCC/C=C\CCCCCCCCCCCCCCCCCCCCCCCCCCCCCC(=O)OC(CO)COC(=O)CCCCCCCCCCCCCCCCCCCCCCCCCCCCCCCCCC. The molecule has 1 unspecified atom stereocenters. The second-order valence-corrected chi connectivity index (χ2v) is 27.5. The molecule has 1 atom stereocenters. The number of carbonyl (C=O) groups excluding carboxylic acids is 2. The number of hydrogen-bond donors (Lipinski definition) is 1. The average Bonchev–Trinajstić information content (AvgIpc) is 3.51. The van der Waals surface area contributed by atoms with Crippen LogP contribution in [0.4, 0.5) is 0 Å². The first-order valence-corrected chi connectivity index (χ1v) is 39.7. The molecule has 0 aliphatic carbocycles. The van der Waals surface area contributed by atoms with Crippen LogP contribution in [0.2, 0.25) is 0 Å². The number of aliphatic hydroxyl groups excluding tert-OH is 1. The fourth-order valence-corrected chi connectivity index (χ4v) is 12.9. The molecule has 1 N–H and O–H groups in total. The number of allylic oxidation sites excluding steroid dienone is 2. The maximum atomic E-state index is 12.4. The van der Waals surface area contributed by atoms with Crippen LogP contribution in [0.15, 0.2) is 12.2 Å². The predicted octanol–water partition coefficient (Wildman–Crippen LogP) is 27.7. The van der Waals surface area contributed by atoms with Gasteiger partial charge in [-0.2, -0.15) is 0 Å². The number of esters is 2. The number of aliphatic hydroxyl groups is 1. The fraction of sp³-hybridized carbons (Fsp3) is 0.950. The second-order valence-electron chi connectivity index (χ2n) is 27.5. The standard InChI is InChI=1S/C80H156O5/c1-3-5-7-9-11-13-15-17-19-21-23-25-27-29-31-33-35-37-38-39-40-41-42-43-45-47-49-51-53-55-57-59-61-63-65-67-69-71-73-75-80(83)85-78(76-81)77-84-79(82)74-72-70-68-66-64-62-60-58-56-54-52-50-48-46-44-36-34-32-30-28-26-24-22-20-18-16-14-12-10-8-6-4-2/h21,23,78,81H,3-20,22,24-77H2,1-2H3/b23-21-. The van der Waals surface area contributed by atoms with Crippen LogP contribution in [-0.4, -0.2) is 36.4 Å². The first-order valence-electron chi connectivity index (χ1n) is 39.7. The maximum absolute atomic E-state index is 12.4. The Bertz CT molecular complexity index is 1260. The van der Waals surface area contributed by atoms with Gasteiger partial charge in [0, 0.05) is 12.8 Å². The second kappa shape index (κ2) is 76.9. The van der Waals surface area contributed by atoms with Crippen molar-refractivity contribution in [1.29, 1.82) is 0 Å². The maximum Gasteiger partial charge on any atom is 0.306 e. The molecule has 0 saturated carbocycles. The summed E-state index contributed by atoms with van der Waals surface area (Å²) in [4.78, 5) is 24.7. The van der Waals surface area contributed by atoms with Gasteiger partial charge in [0.2, 0.25) is 0 Å². The lowest BCUT2D eigenvalue weighted by molar-refractivity contribution is -0.161. The van der Waals surface area contributed by atoms with Gasteiger partial charge in [0.15, 0.2) is 6.10 Å². The molecule has 0 bridgehead atoms. The summed E-state index contributed by atoms with van der Waals surface area (Å²) in [5.74, 6) is -0.557. The first-order chi connectivity index (χ1) is 42.1. The molecule has 0 heterocycles. The Morgan fingerprint density at radius 2 is 0.435 bits per heavy atom. The van der Waals surface area contributed by atoms with Crippen molar-refractivity contribution in [1.82, 2.24) is 0 Å². The zero-order valence-electron chi connectivity index (χ0n) is 58.4. The van der Waals surface area contributed by atoms with Crippen LogP contribution < -0.4 is 0 Å². The molecular formula is C80H156O5. The van der Waals surface area contributed by atoms with E-state index in [2.05, 4.69) is 26.0 Å². The predicted molar refractivity (Wildman–Crippen MR) is 376 cm³/mol. The third-order valence-electron chi connectivity index (χ3n) is 18.8.